The minimum atomic E-state index is -3.95. The van der Waals surface area contributed by atoms with Crippen molar-refractivity contribution in [3.05, 3.63) is 90.8 Å². The highest BCUT2D eigenvalue weighted by molar-refractivity contribution is 7.90. The van der Waals surface area contributed by atoms with Crippen LogP contribution >= 0.6 is 0 Å². The second-order valence-electron chi connectivity index (χ2n) is 6.58. The van der Waals surface area contributed by atoms with E-state index in [0.29, 0.717) is 6.54 Å². The lowest BCUT2D eigenvalue weighted by Crippen LogP contribution is -2.14. The molecule has 0 aliphatic carbocycles. The Kier molecular flexibility index (Phi) is 5.08. The first kappa shape index (κ1) is 19.2. The molecular formula is C22H19FN2O3S. The SMILES string of the molecule is CNCc1cc(-c2ccccc2F)n(S(=O)(=O)c2cccc(-c3ccoc3)c2)c1. The van der Waals surface area contributed by atoms with Crippen LogP contribution in [0.4, 0.5) is 4.39 Å². The minimum Gasteiger partial charge on any atom is -0.472 e. The normalized spacial score (nSPS) is 11.7. The highest BCUT2D eigenvalue weighted by atomic mass is 32.2. The van der Waals surface area contributed by atoms with Crippen molar-refractivity contribution in [1.29, 1.82) is 0 Å². The molecule has 0 atom stereocenters. The molecular weight excluding hydrogens is 391 g/mol. The van der Waals surface area contributed by atoms with E-state index in [-0.39, 0.29) is 16.2 Å². The number of nitrogens with one attached hydrogen (secondary N) is 1. The summed E-state index contributed by atoms with van der Waals surface area (Å²) in [5, 5.41) is 3.00. The first-order valence-corrected chi connectivity index (χ1v) is 10.4. The summed E-state index contributed by atoms with van der Waals surface area (Å²) in [4.78, 5) is 0.111. The molecule has 7 heteroatoms. The van der Waals surface area contributed by atoms with Crippen LogP contribution in [0.5, 0.6) is 0 Å². The summed E-state index contributed by atoms with van der Waals surface area (Å²) in [5.41, 5.74) is 2.74. The van der Waals surface area contributed by atoms with Gasteiger partial charge >= 0.3 is 0 Å². The molecule has 148 valence electrons. The molecule has 0 fully saturated rings. The number of benzene rings is 2. The second kappa shape index (κ2) is 7.69. The van der Waals surface area contributed by atoms with Crippen LogP contribution in [-0.4, -0.2) is 19.4 Å². The molecule has 0 amide bonds. The molecule has 4 aromatic rings. The molecule has 0 bridgehead atoms. The molecule has 0 radical (unpaired) electrons. The quantitative estimate of drug-likeness (QED) is 0.508. The highest BCUT2D eigenvalue weighted by Gasteiger charge is 2.23. The summed E-state index contributed by atoms with van der Waals surface area (Å²) < 4.78 is 47.6. The topological polar surface area (TPSA) is 64.2 Å². The molecule has 0 spiro atoms. The van der Waals surface area contributed by atoms with Crippen molar-refractivity contribution in [2.24, 2.45) is 0 Å². The third-order valence-electron chi connectivity index (χ3n) is 4.62. The van der Waals surface area contributed by atoms with Crippen LogP contribution in [-0.2, 0) is 16.6 Å². The Labute approximate surface area is 168 Å². The van der Waals surface area contributed by atoms with Crippen LogP contribution in [0, 0.1) is 5.82 Å². The third kappa shape index (κ3) is 3.62. The summed E-state index contributed by atoms with van der Waals surface area (Å²) in [7, 11) is -2.19. The van der Waals surface area contributed by atoms with E-state index in [4.69, 9.17) is 4.42 Å². The van der Waals surface area contributed by atoms with Gasteiger partial charge in [-0.15, -0.1) is 0 Å². The van der Waals surface area contributed by atoms with Gasteiger partial charge in [-0.25, -0.2) is 16.8 Å². The first-order chi connectivity index (χ1) is 14.0. The van der Waals surface area contributed by atoms with E-state index in [1.807, 2.05) is 6.07 Å². The average molecular weight is 410 g/mol. The zero-order chi connectivity index (χ0) is 20.4. The maximum Gasteiger partial charge on any atom is 0.268 e. The Balaban J connectivity index is 1.87. The predicted octanol–water partition coefficient (Wildman–Crippen LogP) is 4.51. The van der Waals surface area contributed by atoms with Gasteiger partial charge in [-0.3, -0.25) is 0 Å². The Morgan fingerprint density at radius 3 is 2.59 bits per heavy atom. The molecule has 4 rings (SSSR count). The molecule has 0 saturated carbocycles. The molecule has 0 unspecified atom stereocenters. The van der Waals surface area contributed by atoms with Gasteiger partial charge in [0, 0.05) is 23.9 Å². The van der Waals surface area contributed by atoms with E-state index in [9.17, 15) is 12.8 Å². The fourth-order valence-corrected chi connectivity index (χ4v) is 4.68. The maximum absolute atomic E-state index is 14.5. The Morgan fingerprint density at radius 1 is 1.03 bits per heavy atom. The number of aromatic nitrogens is 1. The van der Waals surface area contributed by atoms with Gasteiger partial charge in [0.15, 0.2) is 0 Å². The van der Waals surface area contributed by atoms with E-state index >= 15 is 0 Å². The van der Waals surface area contributed by atoms with Gasteiger partial charge in [0.25, 0.3) is 10.0 Å². The lowest BCUT2D eigenvalue weighted by atomic mass is 10.1. The van der Waals surface area contributed by atoms with Crippen LogP contribution in [0.25, 0.3) is 22.4 Å². The standard InChI is InChI=1S/C22H19FN2O3S/c1-24-13-16-11-22(20-7-2-3-8-21(20)23)25(14-16)29(26,27)19-6-4-5-17(12-19)18-9-10-28-15-18/h2-12,14-15,24H,13H2,1H3. The van der Waals surface area contributed by atoms with Crippen molar-refractivity contribution in [3.63, 3.8) is 0 Å². The average Bonchev–Trinajstić information content (AvgIpc) is 3.39. The van der Waals surface area contributed by atoms with E-state index in [1.54, 1.807) is 55.8 Å². The predicted molar refractivity (Wildman–Crippen MR) is 109 cm³/mol. The number of halogens is 1. The van der Waals surface area contributed by atoms with Crippen molar-refractivity contribution in [3.8, 4) is 22.4 Å². The summed E-state index contributed by atoms with van der Waals surface area (Å²) in [6.07, 6.45) is 4.61. The van der Waals surface area contributed by atoms with Crippen LogP contribution in [0.2, 0.25) is 0 Å². The number of furan rings is 1. The van der Waals surface area contributed by atoms with Gasteiger partial charge in [-0.1, -0.05) is 24.3 Å². The summed E-state index contributed by atoms with van der Waals surface area (Å²) in [6, 6.07) is 16.2. The molecule has 0 aliphatic rings. The van der Waals surface area contributed by atoms with Crippen molar-refractivity contribution in [1.82, 2.24) is 9.29 Å². The smallest absolute Gasteiger partial charge is 0.268 e. The Bertz CT molecular complexity index is 1240. The molecule has 2 aromatic heterocycles. The number of hydrogen-bond acceptors (Lipinski definition) is 4. The fourth-order valence-electron chi connectivity index (χ4n) is 3.24. The fraction of sp³-hybridized carbons (Fsp3) is 0.0909. The van der Waals surface area contributed by atoms with E-state index in [0.717, 1.165) is 20.7 Å². The van der Waals surface area contributed by atoms with Crippen molar-refractivity contribution >= 4 is 10.0 Å². The summed E-state index contributed by atoms with van der Waals surface area (Å²) >= 11 is 0. The van der Waals surface area contributed by atoms with Crippen LogP contribution in [0.1, 0.15) is 5.56 Å². The van der Waals surface area contributed by atoms with Crippen LogP contribution in [0.15, 0.2) is 88.7 Å². The number of rotatable bonds is 6. The van der Waals surface area contributed by atoms with E-state index in [2.05, 4.69) is 5.32 Å². The lowest BCUT2D eigenvalue weighted by Gasteiger charge is -2.12. The van der Waals surface area contributed by atoms with E-state index < -0.39 is 15.8 Å². The first-order valence-electron chi connectivity index (χ1n) is 8.99. The minimum absolute atomic E-state index is 0.111. The molecule has 2 aromatic carbocycles. The zero-order valence-electron chi connectivity index (χ0n) is 15.7. The van der Waals surface area contributed by atoms with Crippen molar-refractivity contribution < 1.29 is 17.2 Å². The Morgan fingerprint density at radius 2 is 1.86 bits per heavy atom. The van der Waals surface area contributed by atoms with Gasteiger partial charge in [0.2, 0.25) is 0 Å². The van der Waals surface area contributed by atoms with Crippen molar-refractivity contribution in [2.75, 3.05) is 7.05 Å². The molecule has 0 saturated heterocycles. The largest absolute Gasteiger partial charge is 0.472 e. The third-order valence-corrected chi connectivity index (χ3v) is 6.29. The monoisotopic (exact) mass is 410 g/mol. The van der Waals surface area contributed by atoms with Gasteiger partial charge in [0.1, 0.15) is 5.82 Å². The summed E-state index contributed by atoms with van der Waals surface area (Å²) in [5.74, 6) is -0.481. The maximum atomic E-state index is 14.5. The van der Waals surface area contributed by atoms with Crippen LogP contribution in [0.3, 0.4) is 0 Å². The molecule has 0 aliphatic heterocycles. The van der Waals surface area contributed by atoms with Gasteiger partial charge in [-0.05, 0) is 54.6 Å². The zero-order valence-corrected chi connectivity index (χ0v) is 16.5. The Hall–Kier alpha value is -3.16. The van der Waals surface area contributed by atoms with Gasteiger partial charge in [0.05, 0.1) is 23.1 Å². The van der Waals surface area contributed by atoms with Crippen molar-refractivity contribution in [2.45, 2.75) is 11.4 Å². The molecule has 2 heterocycles. The highest BCUT2D eigenvalue weighted by Crippen LogP contribution is 2.30. The second-order valence-corrected chi connectivity index (χ2v) is 8.40. The molecule has 5 nitrogen and oxygen atoms in total. The van der Waals surface area contributed by atoms with Gasteiger partial charge in [-0.2, -0.15) is 0 Å². The lowest BCUT2D eigenvalue weighted by molar-refractivity contribution is 0.568. The molecule has 29 heavy (non-hydrogen) atoms. The van der Waals surface area contributed by atoms with Gasteiger partial charge < -0.3 is 9.73 Å². The number of hydrogen-bond donors (Lipinski definition) is 1. The van der Waals surface area contributed by atoms with Crippen LogP contribution < -0.4 is 5.32 Å². The van der Waals surface area contributed by atoms with E-state index in [1.165, 1.54) is 24.6 Å². The summed E-state index contributed by atoms with van der Waals surface area (Å²) in [6.45, 7) is 0.457. The number of nitrogens with zero attached hydrogens (tertiary/aromatic N) is 1. The molecule has 1 N–H and O–H groups in total.